The van der Waals surface area contributed by atoms with Crippen LogP contribution in [0.3, 0.4) is 0 Å². The van der Waals surface area contributed by atoms with Crippen molar-refractivity contribution in [1.82, 2.24) is 14.8 Å². The highest BCUT2D eigenvalue weighted by atomic mass is 32.1. The Balaban J connectivity index is 1.38. The summed E-state index contributed by atoms with van der Waals surface area (Å²) in [4.78, 5) is 21.2. The standard InChI is InChI=1S/C17H21N3O3S/c21-17(14-2-1-7-22-14)20-6-8-23-15-11-19(5-3-13(15)10-20)12-16-18-4-9-24-16/h1-2,4,7,9,13,15H,3,5-6,8,10-12H2/t13-,15-/m0/s1. The summed E-state index contributed by atoms with van der Waals surface area (Å²) < 4.78 is 11.3. The second kappa shape index (κ2) is 7.04. The maximum Gasteiger partial charge on any atom is 0.289 e. The van der Waals surface area contributed by atoms with Crippen molar-refractivity contribution in [3.63, 3.8) is 0 Å². The smallest absolute Gasteiger partial charge is 0.289 e. The second-order valence-corrected chi connectivity index (χ2v) is 7.33. The second-order valence-electron chi connectivity index (χ2n) is 6.35. The highest BCUT2D eigenvalue weighted by Gasteiger charge is 2.35. The summed E-state index contributed by atoms with van der Waals surface area (Å²) in [7, 11) is 0. The van der Waals surface area contributed by atoms with Gasteiger partial charge >= 0.3 is 0 Å². The molecule has 0 unspecified atom stereocenters. The van der Waals surface area contributed by atoms with Crippen molar-refractivity contribution in [1.29, 1.82) is 0 Å². The molecule has 2 atom stereocenters. The van der Waals surface area contributed by atoms with Crippen LogP contribution in [0.15, 0.2) is 34.4 Å². The van der Waals surface area contributed by atoms with E-state index in [1.807, 2.05) is 16.5 Å². The van der Waals surface area contributed by atoms with Crippen LogP contribution in [0.2, 0.25) is 0 Å². The normalized spacial score (nSPS) is 25.2. The van der Waals surface area contributed by atoms with Gasteiger partial charge in [-0.2, -0.15) is 0 Å². The number of carbonyl (C=O) groups is 1. The molecular weight excluding hydrogens is 326 g/mol. The van der Waals surface area contributed by atoms with Crippen molar-refractivity contribution in [3.8, 4) is 0 Å². The van der Waals surface area contributed by atoms with E-state index in [1.165, 1.54) is 0 Å². The molecule has 2 aromatic heterocycles. The SMILES string of the molecule is O=C(c1ccco1)N1CCO[C@H]2CN(Cc3nccs3)CC[C@H]2C1. The molecule has 0 N–H and O–H groups in total. The number of fused-ring (bicyclic) bond motifs is 1. The van der Waals surface area contributed by atoms with Crippen LogP contribution in [0.25, 0.3) is 0 Å². The number of aromatic nitrogens is 1. The zero-order chi connectivity index (χ0) is 16.4. The van der Waals surface area contributed by atoms with Crippen LogP contribution in [0.5, 0.6) is 0 Å². The van der Waals surface area contributed by atoms with E-state index >= 15 is 0 Å². The highest BCUT2D eigenvalue weighted by Crippen LogP contribution is 2.26. The van der Waals surface area contributed by atoms with Crippen LogP contribution in [0.1, 0.15) is 22.0 Å². The first kappa shape index (κ1) is 15.8. The molecule has 7 heteroatoms. The molecule has 24 heavy (non-hydrogen) atoms. The molecule has 0 bridgehead atoms. The Labute approximate surface area is 145 Å². The van der Waals surface area contributed by atoms with E-state index in [-0.39, 0.29) is 12.0 Å². The summed E-state index contributed by atoms with van der Waals surface area (Å²) in [5.41, 5.74) is 0. The molecule has 2 aromatic rings. The van der Waals surface area contributed by atoms with Gasteiger partial charge in [-0.3, -0.25) is 9.69 Å². The van der Waals surface area contributed by atoms with Gasteiger partial charge in [0.15, 0.2) is 5.76 Å². The maximum absolute atomic E-state index is 12.5. The van der Waals surface area contributed by atoms with Gasteiger partial charge in [0.1, 0.15) is 5.01 Å². The highest BCUT2D eigenvalue weighted by molar-refractivity contribution is 7.09. The van der Waals surface area contributed by atoms with Gasteiger partial charge in [0, 0.05) is 37.1 Å². The molecule has 0 spiro atoms. The van der Waals surface area contributed by atoms with Crippen LogP contribution in [0.4, 0.5) is 0 Å². The van der Waals surface area contributed by atoms with Gasteiger partial charge in [-0.05, 0) is 25.1 Å². The minimum absolute atomic E-state index is 0.0329. The van der Waals surface area contributed by atoms with E-state index in [9.17, 15) is 4.79 Å². The summed E-state index contributed by atoms with van der Waals surface area (Å²) in [6, 6.07) is 3.48. The lowest BCUT2D eigenvalue weighted by atomic mass is 9.93. The number of likely N-dealkylation sites (tertiary alicyclic amines) is 1. The van der Waals surface area contributed by atoms with Crippen LogP contribution in [0, 0.1) is 5.92 Å². The van der Waals surface area contributed by atoms with Crippen molar-refractivity contribution in [2.45, 2.75) is 19.1 Å². The van der Waals surface area contributed by atoms with Crippen molar-refractivity contribution in [3.05, 3.63) is 40.7 Å². The molecule has 1 amide bonds. The molecule has 2 aliphatic rings. The first-order chi connectivity index (χ1) is 11.8. The number of ether oxygens (including phenoxy) is 1. The van der Waals surface area contributed by atoms with Gasteiger partial charge in [0.05, 0.1) is 25.5 Å². The number of nitrogens with zero attached hydrogens (tertiary/aromatic N) is 3. The third kappa shape index (κ3) is 3.38. The van der Waals surface area contributed by atoms with E-state index in [1.54, 1.807) is 29.7 Å². The molecule has 0 saturated carbocycles. The fourth-order valence-corrected chi connectivity index (χ4v) is 4.18. The molecule has 0 aliphatic carbocycles. The number of carbonyl (C=O) groups excluding carboxylic acids is 1. The Bertz CT molecular complexity index is 659. The number of piperidine rings is 1. The van der Waals surface area contributed by atoms with Crippen LogP contribution in [-0.4, -0.2) is 59.6 Å². The maximum atomic E-state index is 12.5. The zero-order valence-electron chi connectivity index (χ0n) is 13.5. The fraction of sp³-hybridized carbons (Fsp3) is 0.529. The minimum atomic E-state index is -0.0329. The number of furan rings is 1. The molecule has 2 saturated heterocycles. The first-order valence-corrected chi connectivity index (χ1v) is 9.22. The van der Waals surface area contributed by atoms with Crippen molar-refractivity contribution in [2.24, 2.45) is 5.92 Å². The molecular formula is C17H21N3O3S. The lowest BCUT2D eigenvalue weighted by Crippen LogP contribution is -2.47. The van der Waals surface area contributed by atoms with Crippen molar-refractivity contribution < 1.29 is 13.9 Å². The fourth-order valence-electron chi connectivity index (χ4n) is 3.52. The molecule has 6 nitrogen and oxygen atoms in total. The predicted molar refractivity (Wildman–Crippen MR) is 89.8 cm³/mol. The Hall–Kier alpha value is -1.70. The molecule has 4 heterocycles. The van der Waals surface area contributed by atoms with Gasteiger partial charge in [0.25, 0.3) is 5.91 Å². The Kier molecular flexibility index (Phi) is 4.64. The molecule has 0 radical (unpaired) electrons. The third-order valence-corrected chi connectivity index (χ3v) is 5.55. The molecule has 128 valence electrons. The first-order valence-electron chi connectivity index (χ1n) is 8.35. The molecule has 0 aromatic carbocycles. The van der Waals surface area contributed by atoms with Gasteiger partial charge in [-0.25, -0.2) is 4.98 Å². The van der Waals surface area contributed by atoms with Gasteiger partial charge in [-0.1, -0.05) is 0 Å². The minimum Gasteiger partial charge on any atom is -0.459 e. The predicted octanol–water partition coefficient (Wildman–Crippen LogP) is 2.10. The molecule has 2 aliphatic heterocycles. The zero-order valence-corrected chi connectivity index (χ0v) is 14.3. The average Bonchev–Trinajstić information content (AvgIpc) is 3.25. The number of rotatable bonds is 3. The van der Waals surface area contributed by atoms with Crippen molar-refractivity contribution >= 4 is 17.2 Å². The Morgan fingerprint density at radius 1 is 1.38 bits per heavy atom. The van der Waals surface area contributed by atoms with E-state index in [2.05, 4.69) is 9.88 Å². The summed E-state index contributed by atoms with van der Waals surface area (Å²) in [6.07, 6.45) is 4.63. The van der Waals surface area contributed by atoms with Gasteiger partial charge in [0.2, 0.25) is 0 Å². The van der Waals surface area contributed by atoms with E-state index in [0.29, 0.717) is 24.8 Å². The summed E-state index contributed by atoms with van der Waals surface area (Å²) in [6.45, 7) is 4.77. The topological polar surface area (TPSA) is 58.8 Å². The number of amides is 1. The molecule has 4 rings (SSSR count). The lowest BCUT2D eigenvalue weighted by Gasteiger charge is -2.37. The average molecular weight is 347 g/mol. The van der Waals surface area contributed by atoms with Crippen LogP contribution < -0.4 is 0 Å². The monoisotopic (exact) mass is 347 g/mol. The summed E-state index contributed by atoms with van der Waals surface area (Å²) >= 11 is 1.70. The van der Waals surface area contributed by atoms with E-state index < -0.39 is 0 Å². The Morgan fingerprint density at radius 3 is 3.12 bits per heavy atom. The van der Waals surface area contributed by atoms with Crippen molar-refractivity contribution in [2.75, 3.05) is 32.8 Å². The molecule has 2 fully saturated rings. The number of thiazole rings is 1. The quantitative estimate of drug-likeness (QED) is 0.851. The van der Waals surface area contributed by atoms with Gasteiger partial charge < -0.3 is 14.1 Å². The summed E-state index contributed by atoms with van der Waals surface area (Å²) in [5.74, 6) is 0.767. The van der Waals surface area contributed by atoms with E-state index in [0.717, 1.165) is 37.6 Å². The van der Waals surface area contributed by atoms with Gasteiger partial charge in [-0.15, -0.1) is 11.3 Å². The third-order valence-electron chi connectivity index (χ3n) is 4.79. The largest absolute Gasteiger partial charge is 0.459 e. The summed E-state index contributed by atoms with van der Waals surface area (Å²) in [5, 5.41) is 3.17. The Morgan fingerprint density at radius 2 is 2.33 bits per heavy atom. The van der Waals surface area contributed by atoms with Crippen LogP contribution >= 0.6 is 11.3 Å². The van der Waals surface area contributed by atoms with Crippen LogP contribution in [-0.2, 0) is 11.3 Å². The number of hydrogen-bond acceptors (Lipinski definition) is 6. The number of hydrogen-bond donors (Lipinski definition) is 0. The lowest BCUT2D eigenvalue weighted by molar-refractivity contribution is -0.0241. The van der Waals surface area contributed by atoms with E-state index in [4.69, 9.17) is 9.15 Å².